The SMILES string of the molecule is CCOC(=O)CC(NC(=O)OCc1ccccc1)C(F)(F)F. The molecule has 22 heavy (non-hydrogen) atoms. The van der Waals surface area contributed by atoms with Crippen LogP contribution >= 0.6 is 0 Å². The van der Waals surface area contributed by atoms with Crippen LogP contribution in [-0.2, 0) is 20.9 Å². The predicted molar refractivity (Wildman–Crippen MR) is 70.9 cm³/mol. The third-order valence-corrected chi connectivity index (χ3v) is 2.58. The van der Waals surface area contributed by atoms with Gasteiger partial charge in [0.15, 0.2) is 0 Å². The van der Waals surface area contributed by atoms with Crippen molar-refractivity contribution in [2.24, 2.45) is 0 Å². The molecule has 0 aliphatic heterocycles. The summed E-state index contributed by atoms with van der Waals surface area (Å²) in [5, 5.41) is 1.63. The third kappa shape index (κ3) is 6.47. The van der Waals surface area contributed by atoms with Crippen LogP contribution in [0.2, 0.25) is 0 Å². The van der Waals surface area contributed by atoms with Crippen molar-refractivity contribution in [3.05, 3.63) is 35.9 Å². The normalized spacial score (nSPS) is 12.4. The fraction of sp³-hybridized carbons (Fsp3) is 0.429. The Balaban J connectivity index is 2.54. The molecule has 0 aliphatic rings. The highest BCUT2D eigenvalue weighted by Gasteiger charge is 2.42. The molecule has 1 rings (SSSR count). The van der Waals surface area contributed by atoms with E-state index in [2.05, 4.69) is 4.74 Å². The monoisotopic (exact) mass is 319 g/mol. The van der Waals surface area contributed by atoms with Crippen molar-refractivity contribution >= 4 is 12.1 Å². The Morgan fingerprint density at radius 1 is 1.18 bits per heavy atom. The lowest BCUT2D eigenvalue weighted by molar-refractivity contribution is -0.168. The van der Waals surface area contributed by atoms with Crippen LogP contribution in [-0.4, -0.2) is 30.9 Å². The highest BCUT2D eigenvalue weighted by atomic mass is 19.4. The molecule has 1 unspecified atom stereocenters. The molecule has 0 saturated heterocycles. The van der Waals surface area contributed by atoms with Crippen LogP contribution in [0.15, 0.2) is 30.3 Å². The standard InChI is InChI=1S/C14H16F3NO4/c1-2-21-12(19)8-11(14(15,16)17)18-13(20)22-9-10-6-4-3-5-7-10/h3-7,11H,2,8-9H2,1H3,(H,18,20). The van der Waals surface area contributed by atoms with Gasteiger partial charge < -0.3 is 14.8 Å². The zero-order valence-electron chi connectivity index (χ0n) is 11.9. The number of hydrogen-bond acceptors (Lipinski definition) is 4. The highest BCUT2D eigenvalue weighted by molar-refractivity contribution is 5.73. The predicted octanol–water partition coefficient (Wildman–Crippen LogP) is 2.80. The molecule has 122 valence electrons. The topological polar surface area (TPSA) is 64.6 Å². The van der Waals surface area contributed by atoms with E-state index in [1.807, 2.05) is 0 Å². The van der Waals surface area contributed by atoms with Gasteiger partial charge in [0.25, 0.3) is 0 Å². The minimum Gasteiger partial charge on any atom is -0.466 e. The molecule has 0 spiro atoms. The second kappa shape index (κ2) is 8.26. The van der Waals surface area contributed by atoms with Crippen LogP contribution in [0.5, 0.6) is 0 Å². The largest absolute Gasteiger partial charge is 0.466 e. The molecule has 5 nitrogen and oxygen atoms in total. The molecule has 1 aromatic carbocycles. The second-order valence-electron chi connectivity index (χ2n) is 4.31. The van der Waals surface area contributed by atoms with Crippen LogP contribution in [0.25, 0.3) is 0 Å². The Bertz CT molecular complexity index is 491. The summed E-state index contributed by atoms with van der Waals surface area (Å²) in [4.78, 5) is 22.6. The number of ether oxygens (including phenoxy) is 2. The fourth-order valence-electron chi connectivity index (χ4n) is 1.54. The first kappa shape index (κ1) is 17.8. The fourth-order valence-corrected chi connectivity index (χ4v) is 1.54. The molecule has 1 aromatic rings. The first-order valence-corrected chi connectivity index (χ1v) is 6.52. The van der Waals surface area contributed by atoms with Gasteiger partial charge in [-0.25, -0.2) is 4.79 Å². The number of amides is 1. The number of alkyl carbamates (subject to hydrolysis) is 1. The molecular weight excluding hydrogens is 303 g/mol. The van der Waals surface area contributed by atoms with Gasteiger partial charge in [-0.2, -0.15) is 13.2 Å². The van der Waals surface area contributed by atoms with Crippen molar-refractivity contribution in [2.45, 2.75) is 32.2 Å². The average molecular weight is 319 g/mol. The van der Waals surface area contributed by atoms with E-state index in [4.69, 9.17) is 4.74 Å². The molecule has 8 heteroatoms. The van der Waals surface area contributed by atoms with Gasteiger partial charge in [0.1, 0.15) is 12.6 Å². The Labute approximate surface area is 125 Å². The van der Waals surface area contributed by atoms with Gasteiger partial charge in [-0.15, -0.1) is 0 Å². The quantitative estimate of drug-likeness (QED) is 0.819. The summed E-state index contributed by atoms with van der Waals surface area (Å²) in [7, 11) is 0. The number of carbonyl (C=O) groups is 2. The lowest BCUT2D eigenvalue weighted by atomic mass is 10.2. The van der Waals surface area contributed by atoms with Crippen molar-refractivity contribution in [1.82, 2.24) is 5.32 Å². The van der Waals surface area contributed by atoms with Crippen LogP contribution in [0.1, 0.15) is 18.9 Å². The summed E-state index contributed by atoms with van der Waals surface area (Å²) in [5.74, 6) is -1.05. The summed E-state index contributed by atoms with van der Waals surface area (Å²) >= 11 is 0. The summed E-state index contributed by atoms with van der Waals surface area (Å²) in [6, 6.07) is 6.13. The second-order valence-corrected chi connectivity index (χ2v) is 4.31. The maximum atomic E-state index is 12.8. The van der Waals surface area contributed by atoms with E-state index in [0.717, 1.165) is 0 Å². The smallest absolute Gasteiger partial charge is 0.409 e. The average Bonchev–Trinajstić information content (AvgIpc) is 2.45. The molecule has 0 saturated carbocycles. The van der Waals surface area contributed by atoms with Crippen molar-refractivity contribution in [2.75, 3.05) is 6.61 Å². The van der Waals surface area contributed by atoms with Gasteiger partial charge in [-0.05, 0) is 12.5 Å². The van der Waals surface area contributed by atoms with E-state index in [-0.39, 0.29) is 13.2 Å². The van der Waals surface area contributed by atoms with Crippen molar-refractivity contribution in [3.8, 4) is 0 Å². The first-order chi connectivity index (χ1) is 10.3. The van der Waals surface area contributed by atoms with E-state index >= 15 is 0 Å². The van der Waals surface area contributed by atoms with E-state index in [1.165, 1.54) is 6.92 Å². The zero-order valence-corrected chi connectivity index (χ0v) is 11.9. The molecule has 1 N–H and O–H groups in total. The molecule has 0 heterocycles. The number of esters is 1. The van der Waals surface area contributed by atoms with Gasteiger partial charge in [0.2, 0.25) is 0 Å². The summed E-state index contributed by atoms with van der Waals surface area (Å²) in [6.07, 6.45) is -7.04. The van der Waals surface area contributed by atoms with E-state index in [9.17, 15) is 22.8 Å². The van der Waals surface area contributed by atoms with Crippen molar-refractivity contribution in [1.29, 1.82) is 0 Å². The number of halogens is 3. The maximum Gasteiger partial charge on any atom is 0.409 e. The van der Waals surface area contributed by atoms with E-state index < -0.39 is 30.7 Å². The number of hydrogen-bond donors (Lipinski definition) is 1. The lowest BCUT2D eigenvalue weighted by Gasteiger charge is -2.20. The Hall–Kier alpha value is -2.25. The van der Waals surface area contributed by atoms with Gasteiger partial charge in [-0.3, -0.25) is 4.79 Å². The number of alkyl halides is 3. The van der Waals surface area contributed by atoms with Gasteiger partial charge in [-0.1, -0.05) is 30.3 Å². The Morgan fingerprint density at radius 3 is 2.36 bits per heavy atom. The molecular formula is C14H16F3NO4. The number of carbonyl (C=O) groups excluding carboxylic acids is 2. The van der Waals surface area contributed by atoms with Crippen LogP contribution in [0.3, 0.4) is 0 Å². The number of nitrogens with one attached hydrogen (secondary N) is 1. The number of benzene rings is 1. The van der Waals surface area contributed by atoms with Gasteiger partial charge >= 0.3 is 18.2 Å². The molecule has 1 amide bonds. The van der Waals surface area contributed by atoms with Crippen molar-refractivity contribution in [3.63, 3.8) is 0 Å². The van der Waals surface area contributed by atoms with Crippen LogP contribution in [0, 0.1) is 0 Å². The zero-order chi connectivity index (χ0) is 16.6. The highest BCUT2D eigenvalue weighted by Crippen LogP contribution is 2.23. The Morgan fingerprint density at radius 2 is 1.82 bits per heavy atom. The minimum absolute atomic E-state index is 0.0398. The van der Waals surface area contributed by atoms with E-state index in [1.54, 1.807) is 35.6 Å². The minimum atomic E-state index is -4.78. The summed E-state index contributed by atoms with van der Waals surface area (Å²) in [6.45, 7) is 1.26. The van der Waals surface area contributed by atoms with Crippen LogP contribution < -0.4 is 5.32 Å². The molecule has 0 aliphatic carbocycles. The lowest BCUT2D eigenvalue weighted by Crippen LogP contribution is -2.47. The Kier molecular flexibility index (Phi) is 6.68. The molecule has 0 fully saturated rings. The molecule has 0 bridgehead atoms. The molecule has 0 aromatic heterocycles. The van der Waals surface area contributed by atoms with Gasteiger partial charge in [0, 0.05) is 0 Å². The molecule has 0 radical (unpaired) electrons. The van der Waals surface area contributed by atoms with Crippen LogP contribution in [0.4, 0.5) is 18.0 Å². The number of rotatable bonds is 6. The molecule has 1 atom stereocenters. The first-order valence-electron chi connectivity index (χ1n) is 6.52. The third-order valence-electron chi connectivity index (χ3n) is 2.58. The van der Waals surface area contributed by atoms with Gasteiger partial charge in [0.05, 0.1) is 13.0 Å². The summed E-state index contributed by atoms with van der Waals surface area (Å²) in [5.41, 5.74) is 0.631. The maximum absolute atomic E-state index is 12.8. The van der Waals surface area contributed by atoms with E-state index in [0.29, 0.717) is 5.56 Å². The summed E-state index contributed by atoms with van der Waals surface area (Å²) < 4.78 is 47.4. The van der Waals surface area contributed by atoms with Crippen molar-refractivity contribution < 1.29 is 32.2 Å².